The quantitative estimate of drug-likeness (QED) is 0.471. The second kappa shape index (κ2) is 8.82. The molecule has 4 aromatic rings. The SMILES string of the molecule is Clc1ccccc1CNc1nc(N2CCN(c3ccccc3)CC2)nc2ccccc12. The molecular weight excluding hydrogens is 406 g/mol. The minimum absolute atomic E-state index is 0.613. The molecule has 3 aromatic carbocycles. The summed E-state index contributed by atoms with van der Waals surface area (Å²) < 4.78 is 0. The van der Waals surface area contributed by atoms with E-state index in [-0.39, 0.29) is 0 Å². The Bertz CT molecular complexity index is 1170. The average Bonchev–Trinajstić information content (AvgIpc) is 2.84. The van der Waals surface area contributed by atoms with Crippen LogP contribution in [0.2, 0.25) is 5.02 Å². The Morgan fingerprint density at radius 1 is 0.742 bits per heavy atom. The van der Waals surface area contributed by atoms with Crippen LogP contribution < -0.4 is 15.1 Å². The maximum Gasteiger partial charge on any atom is 0.228 e. The van der Waals surface area contributed by atoms with Gasteiger partial charge < -0.3 is 15.1 Å². The van der Waals surface area contributed by atoms with Gasteiger partial charge in [-0.1, -0.05) is 60.1 Å². The number of anilines is 3. The van der Waals surface area contributed by atoms with Gasteiger partial charge in [-0.25, -0.2) is 4.98 Å². The van der Waals surface area contributed by atoms with Crippen molar-refractivity contribution in [3.05, 3.63) is 89.4 Å². The summed E-state index contributed by atoms with van der Waals surface area (Å²) in [5.74, 6) is 1.61. The van der Waals surface area contributed by atoms with Crippen LogP contribution in [-0.2, 0) is 6.54 Å². The molecule has 5 nitrogen and oxygen atoms in total. The van der Waals surface area contributed by atoms with Gasteiger partial charge in [0.2, 0.25) is 5.95 Å². The third-order valence-electron chi connectivity index (χ3n) is 5.68. The summed E-state index contributed by atoms with van der Waals surface area (Å²) in [7, 11) is 0. The highest BCUT2D eigenvalue weighted by atomic mass is 35.5. The van der Waals surface area contributed by atoms with Crippen LogP contribution in [0.3, 0.4) is 0 Å². The summed E-state index contributed by atoms with van der Waals surface area (Å²) in [5.41, 5.74) is 3.26. The molecule has 2 heterocycles. The zero-order valence-corrected chi connectivity index (χ0v) is 18.0. The topological polar surface area (TPSA) is 44.3 Å². The molecule has 0 amide bonds. The van der Waals surface area contributed by atoms with Crippen LogP contribution >= 0.6 is 11.6 Å². The van der Waals surface area contributed by atoms with Gasteiger partial charge in [-0.3, -0.25) is 0 Å². The van der Waals surface area contributed by atoms with Gasteiger partial charge in [0.1, 0.15) is 5.82 Å². The minimum atomic E-state index is 0.613. The van der Waals surface area contributed by atoms with Crippen molar-refractivity contribution in [2.75, 3.05) is 41.3 Å². The van der Waals surface area contributed by atoms with Gasteiger partial charge in [0, 0.05) is 48.8 Å². The zero-order valence-electron chi connectivity index (χ0n) is 17.2. The van der Waals surface area contributed by atoms with Gasteiger partial charge in [-0.15, -0.1) is 0 Å². The number of piperazine rings is 1. The first-order chi connectivity index (χ1) is 15.3. The molecule has 1 saturated heterocycles. The van der Waals surface area contributed by atoms with E-state index >= 15 is 0 Å². The summed E-state index contributed by atoms with van der Waals surface area (Å²) in [4.78, 5) is 14.5. The highest BCUT2D eigenvalue weighted by Crippen LogP contribution is 2.26. The van der Waals surface area contributed by atoms with E-state index in [1.807, 2.05) is 42.5 Å². The summed E-state index contributed by atoms with van der Waals surface area (Å²) in [6.45, 7) is 4.28. The second-order valence-corrected chi connectivity index (χ2v) is 8.05. The maximum atomic E-state index is 6.34. The second-order valence-electron chi connectivity index (χ2n) is 7.64. The lowest BCUT2D eigenvalue weighted by atomic mass is 10.2. The number of hydrogen-bond acceptors (Lipinski definition) is 5. The van der Waals surface area contributed by atoms with E-state index < -0.39 is 0 Å². The molecule has 0 unspecified atom stereocenters. The molecule has 1 N–H and O–H groups in total. The first kappa shape index (κ1) is 19.6. The number of hydrogen-bond donors (Lipinski definition) is 1. The van der Waals surface area contributed by atoms with Crippen LogP contribution in [0.1, 0.15) is 5.56 Å². The molecule has 1 aliphatic heterocycles. The number of para-hydroxylation sites is 2. The molecule has 6 heteroatoms. The van der Waals surface area contributed by atoms with Crippen LogP contribution in [0, 0.1) is 0 Å². The fourth-order valence-electron chi connectivity index (χ4n) is 3.96. The summed E-state index contributed by atoms with van der Waals surface area (Å²) in [5, 5.41) is 5.26. The first-order valence-corrected chi connectivity index (χ1v) is 10.9. The van der Waals surface area contributed by atoms with Crippen molar-refractivity contribution in [1.82, 2.24) is 9.97 Å². The molecule has 31 heavy (non-hydrogen) atoms. The van der Waals surface area contributed by atoms with Gasteiger partial charge in [0.25, 0.3) is 0 Å². The number of benzene rings is 3. The highest BCUT2D eigenvalue weighted by molar-refractivity contribution is 6.31. The van der Waals surface area contributed by atoms with E-state index in [2.05, 4.69) is 51.5 Å². The Morgan fingerprint density at radius 3 is 2.23 bits per heavy atom. The zero-order chi connectivity index (χ0) is 21.0. The van der Waals surface area contributed by atoms with Crippen molar-refractivity contribution in [2.24, 2.45) is 0 Å². The van der Waals surface area contributed by atoms with E-state index in [0.717, 1.165) is 59.4 Å². The molecule has 1 fully saturated rings. The number of rotatable bonds is 5. The number of aromatic nitrogens is 2. The molecule has 156 valence electrons. The lowest BCUT2D eigenvalue weighted by Crippen LogP contribution is -2.47. The van der Waals surface area contributed by atoms with E-state index in [0.29, 0.717) is 6.54 Å². The molecule has 5 rings (SSSR count). The Balaban J connectivity index is 1.38. The lowest BCUT2D eigenvalue weighted by Gasteiger charge is -2.36. The van der Waals surface area contributed by atoms with Crippen LogP contribution in [0.15, 0.2) is 78.9 Å². The van der Waals surface area contributed by atoms with Crippen molar-refractivity contribution >= 4 is 40.0 Å². The number of halogens is 1. The highest BCUT2D eigenvalue weighted by Gasteiger charge is 2.20. The molecule has 0 atom stereocenters. The fourth-order valence-corrected chi connectivity index (χ4v) is 4.17. The number of nitrogens with one attached hydrogen (secondary N) is 1. The standard InChI is InChI=1S/C25H24ClN5/c26-22-12-6-4-8-19(22)18-27-24-21-11-5-7-13-23(21)28-25(29-24)31-16-14-30(15-17-31)20-9-2-1-3-10-20/h1-13H,14-18H2,(H,27,28,29). The van der Waals surface area contributed by atoms with Crippen LogP contribution in [0.25, 0.3) is 10.9 Å². The maximum absolute atomic E-state index is 6.34. The largest absolute Gasteiger partial charge is 0.368 e. The Hall–Kier alpha value is -3.31. The smallest absolute Gasteiger partial charge is 0.228 e. The van der Waals surface area contributed by atoms with E-state index in [9.17, 15) is 0 Å². The Kier molecular flexibility index (Phi) is 5.59. The first-order valence-electron chi connectivity index (χ1n) is 10.6. The number of fused-ring (bicyclic) bond motifs is 1. The van der Waals surface area contributed by atoms with Crippen LogP contribution in [-0.4, -0.2) is 36.1 Å². The predicted octanol–water partition coefficient (Wildman–Crippen LogP) is 5.22. The molecule has 0 bridgehead atoms. The predicted molar refractivity (Wildman–Crippen MR) is 129 cm³/mol. The third kappa shape index (κ3) is 4.28. The fraction of sp³-hybridized carbons (Fsp3) is 0.200. The third-order valence-corrected chi connectivity index (χ3v) is 6.05. The van der Waals surface area contributed by atoms with Crippen molar-refractivity contribution < 1.29 is 0 Å². The normalized spacial score (nSPS) is 14.1. The molecule has 0 aliphatic carbocycles. The van der Waals surface area contributed by atoms with Gasteiger partial charge in [-0.05, 0) is 35.9 Å². The summed E-state index contributed by atoms with van der Waals surface area (Å²) >= 11 is 6.34. The molecule has 0 saturated carbocycles. The van der Waals surface area contributed by atoms with Crippen molar-refractivity contribution in [2.45, 2.75) is 6.54 Å². The average molecular weight is 430 g/mol. The molecular formula is C25H24ClN5. The molecule has 1 aliphatic rings. The minimum Gasteiger partial charge on any atom is -0.368 e. The van der Waals surface area contributed by atoms with Crippen molar-refractivity contribution in [1.29, 1.82) is 0 Å². The van der Waals surface area contributed by atoms with Gasteiger partial charge in [-0.2, -0.15) is 4.98 Å². The van der Waals surface area contributed by atoms with Crippen LogP contribution in [0.4, 0.5) is 17.5 Å². The Labute approximate surface area is 187 Å². The molecule has 0 spiro atoms. The van der Waals surface area contributed by atoms with Gasteiger partial charge in [0.15, 0.2) is 0 Å². The monoisotopic (exact) mass is 429 g/mol. The van der Waals surface area contributed by atoms with Gasteiger partial charge in [0.05, 0.1) is 5.52 Å². The van der Waals surface area contributed by atoms with Crippen molar-refractivity contribution in [3.8, 4) is 0 Å². The van der Waals surface area contributed by atoms with Crippen LogP contribution in [0.5, 0.6) is 0 Å². The van der Waals surface area contributed by atoms with E-state index in [1.165, 1.54) is 5.69 Å². The number of nitrogens with zero attached hydrogens (tertiary/aromatic N) is 4. The summed E-state index contributed by atoms with van der Waals surface area (Å²) in [6.07, 6.45) is 0. The lowest BCUT2D eigenvalue weighted by molar-refractivity contribution is 0.641. The Morgan fingerprint density at radius 2 is 1.42 bits per heavy atom. The van der Waals surface area contributed by atoms with E-state index in [1.54, 1.807) is 0 Å². The molecule has 0 radical (unpaired) electrons. The van der Waals surface area contributed by atoms with Gasteiger partial charge >= 0.3 is 0 Å². The van der Waals surface area contributed by atoms with E-state index in [4.69, 9.17) is 21.6 Å². The summed E-state index contributed by atoms with van der Waals surface area (Å²) in [6, 6.07) is 26.6. The molecule has 1 aromatic heterocycles. The van der Waals surface area contributed by atoms with Crippen molar-refractivity contribution in [3.63, 3.8) is 0 Å².